The lowest BCUT2D eigenvalue weighted by molar-refractivity contribution is 0.194. The van der Waals surface area contributed by atoms with Gasteiger partial charge in [0.1, 0.15) is 17.9 Å². The molecule has 5 rings (SSSR count). The number of rotatable bonds is 9. The third-order valence-electron chi connectivity index (χ3n) is 7.07. The van der Waals surface area contributed by atoms with E-state index >= 15 is 0 Å². The lowest BCUT2D eigenvalue weighted by Gasteiger charge is -2.32. The van der Waals surface area contributed by atoms with E-state index in [0.717, 1.165) is 72.7 Å². The van der Waals surface area contributed by atoms with Crippen molar-refractivity contribution in [2.75, 3.05) is 55.8 Å². The summed E-state index contributed by atoms with van der Waals surface area (Å²) >= 11 is 1.62. The number of carbonyl (C=O) groups excluding carboxylic acids is 1. The highest BCUT2D eigenvalue weighted by Crippen LogP contribution is 2.32. The second kappa shape index (κ2) is 12.4. The van der Waals surface area contributed by atoms with Crippen LogP contribution in [0.25, 0.3) is 10.9 Å². The quantitative estimate of drug-likeness (QED) is 0.310. The van der Waals surface area contributed by atoms with Gasteiger partial charge in [0.05, 0.1) is 29.7 Å². The average Bonchev–Trinajstić information content (AvgIpc) is 3.48. The van der Waals surface area contributed by atoms with Gasteiger partial charge in [-0.2, -0.15) is 0 Å². The van der Waals surface area contributed by atoms with Crippen molar-refractivity contribution in [3.05, 3.63) is 48.5 Å². The Hall–Kier alpha value is -3.11. The number of piperidine rings is 1. The Labute approximate surface area is 222 Å². The van der Waals surface area contributed by atoms with E-state index < -0.39 is 0 Å². The standard InChI is InChI=1S/C27H35N7O2S/c1-37-31-11-4-16-36-22-6-7-23-24(17-22)29-19-30-26(23)20-9-14-34(15-10-20)27(35)32-21-5-8-25(28-18-21)33-12-2-3-13-33/h5-8,17-20,31H,2-4,9-16H2,1H3,(H,32,35). The van der Waals surface area contributed by atoms with E-state index in [9.17, 15) is 4.79 Å². The summed E-state index contributed by atoms with van der Waals surface area (Å²) in [5.74, 6) is 2.10. The van der Waals surface area contributed by atoms with Gasteiger partial charge in [-0.1, -0.05) is 11.9 Å². The summed E-state index contributed by atoms with van der Waals surface area (Å²) in [7, 11) is 0. The second-order valence-electron chi connectivity index (χ2n) is 9.53. The van der Waals surface area contributed by atoms with Gasteiger partial charge in [-0.3, -0.25) is 4.72 Å². The number of fused-ring (bicyclic) bond motifs is 1. The molecule has 3 aromatic rings. The van der Waals surface area contributed by atoms with Gasteiger partial charge in [-0.25, -0.2) is 19.7 Å². The first-order valence-corrected chi connectivity index (χ1v) is 14.3. The molecule has 2 aliphatic heterocycles. The van der Waals surface area contributed by atoms with Gasteiger partial charge in [0, 0.05) is 50.1 Å². The lowest BCUT2D eigenvalue weighted by atomic mass is 9.91. The summed E-state index contributed by atoms with van der Waals surface area (Å²) in [5.41, 5.74) is 2.69. The van der Waals surface area contributed by atoms with Crippen LogP contribution >= 0.6 is 11.9 Å². The zero-order valence-corrected chi connectivity index (χ0v) is 22.2. The number of anilines is 2. The molecule has 1 aromatic carbocycles. The van der Waals surface area contributed by atoms with E-state index in [1.807, 2.05) is 35.4 Å². The van der Waals surface area contributed by atoms with Crippen LogP contribution in [0.15, 0.2) is 42.9 Å². The number of nitrogens with zero attached hydrogens (tertiary/aromatic N) is 5. The molecular formula is C27H35N7O2S. The number of hydrogen-bond donors (Lipinski definition) is 2. The SMILES string of the molecule is CSNCCCOc1ccc2c(C3CCN(C(=O)Nc4ccc(N5CCCC5)nc4)CC3)ncnc2c1. The van der Waals surface area contributed by atoms with Gasteiger partial charge in [0.25, 0.3) is 0 Å². The largest absolute Gasteiger partial charge is 0.493 e. The van der Waals surface area contributed by atoms with Gasteiger partial charge >= 0.3 is 6.03 Å². The van der Waals surface area contributed by atoms with Crippen molar-refractivity contribution in [2.24, 2.45) is 0 Å². The molecule has 9 nitrogen and oxygen atoms in total. The minimum Gasteiger partial charge on any atom is -0.493 e. The summed E-state index contributed by atoms with van der Waals surface area (Å²) < 4.78 is 9.12. The van der Waals surface area contributed by atoms with Crippen LogP contribution in [-0.4, -0.2) is 71.5 Å². The smallest absolute Gasteiger partial charge is 0.321 e. The molecule has 2 aliphatic rings. The number of amides is 2. The van der Waals surface area contributed by atoms with Crippen LogP contribution in [0.3, 0.4) is 0 Å². The Morgan fingerprint density at radius 3 is 2.68 bits per heavy atom. The number of urea groups is 1. The Bertz CT molecular complexity index is 1180. The van der Waals surface area contributed by atoms with Crippen molar-refractivity contribution in [1.82, 2.24) is 24.6 Å². The van der Waals surface area contributed by atoms with E-state index in [2.05, 4.69) is 36.0 Å². The summed E-state index contributed by atoms with van der Waals surface area (Å²) in [5, 5.41) is 4.07. The Morgan fingerprint density at radius 2 is 1.92 bits per heavy atom. The summed E-state index contributed by atoms with van der Waals surface area (Å²) in [4.78, 5) is 30.7. The van der Waals surface area contributed by atoms with Crippen molar-refractivity contribution in [3.8, 4) is 5.75 Å². The van der Waals surface area contributed by atoms with Crippen molar-refractivity contribution < 1.29 is 9.53 Å². The van der Waals surface area contributed by atoms with Crippen LogP contribution in [0.2, 0.25) is 0 Å². The molecule has 4 heterocycles. The molecule has 196 valence electrons. The van der Waals surface area contributed by atoms with Gasteiger partial charge in [-0.15, -0.1) is 0 Å². The molecule has 2 amide bonds. The van der Waals surface area contributed by atoms with E-state index in [0.29, 0.717) is 25.6 Å². The maximum absolute atomic E-state index is 12.9. The molecule has 10 heteroatoms. The molecule has 0 saturated carbocycles. The molecule has 2 saturated heterocycles. The van der Waals surface area contributed by atoms with Crippen LogP contribution in [0, 0.1) is 0 Å². The molecule has 0 bridgehead atoms. The molecule has 0 spiro atoms. The number of aromatic nitrogens is 3. The maximum Gasteiger partial charge on any atom is 0.321 e. The van der Waals surface area contributed by atoms with E-state index in [1.54, 1.807) is 24.5 Å². The number of pyridine rings is 1. The first kappa shape index (κ1) is 25.5. The van der Waals surface area contributed by atoms with Gasteiger partial charge in [0.2, 0.25) is 0 Å². The zero-order valence-electron chi connectivity index (χ0n) is 21.4. The number of benzene rings is 1. The predicted octanol–water partition coefficient (Wildman–Crippen LogP) is 4.67. The third kappa shape index (κ3) is 6.42. The maximum atomic E-state index is 12.9. The molecule has 0 aliphatic carbocycles. The highest BCUT2D eigenvalue weighted by Gasteiger charge is 2.26. The Kier molecular flexibility index (Phi) is 8.57. The number of nitrogens with one attached hydrogen (secondary N) is 2. The fourth-order valence-electron chi connectivity index (χ4n) is 5.06. The van der Waals surface area contributed by atoms with Crippen molar-refractivity contribution >= 4 is 40.4 Å². The minimum absolute atomic E-state index is 0.0729. The molecule has 2 aromatic heterocycles. The van der Waals surface area contributed by atoms with Crippen LogP contribution < -0.4 is 19.7 Å². The number of likely N-dealkylation sites (tertiary alicyclic amines) is 1. The van der Waals surface area contributed by atoms with Crippen molar-refractivity contribution in [1.29, 1.82) is 0 Å². The van der Waals surface area contributed by atoms with E-state index in [1.165, 1.54) is 12.8 Å². The summed E-state index contributed by atoms with van der Waals surface area (Å²) in [6, 6.07) is 9.93. The third-order valence-corrected chi connectivity index (χ3v) is 7.57. The monoisotopic (exact) mass is 521 g/mol. The molecule has 0 unspecified atom stereocenters. The molecule has 2 fully saturated rings. The van der Waals surface area contributed by atoms with Gasteiger partial charge in [-0.05, 0) is 62.6 Å². The topological polar surface area (TPSA) is 95.5 Å². The fraction of sp³-hybridized carbons (Fsp3) is 0.481. The number of hydrogen-bond acceptors (Lipinski definition) is 8. The van der Waals surface area contributed by atoms with Gasteiger partial charge < -0.3 is 19.9 Å². The average molecular weight is 522 g/mol. The first-order valence-electron chi connectivity index (χ1n) is 13.1. The van der Waals surface area contributed by atoms with Crippen molar-refractivity contribution in [2.45, 2.75) is 38.0 Å². The van der Waals surface area contributed by atoms with Crippen LogP contribution in [0.4, 0.5) is 16.3 Å². The number of ether oxygens (including phenoxy) is 1. The highest BCUT2D eigenvalue weighted by molar-refractivity contribution is 7.96. The molecular weight excluding hydrogens is 486 g/mol. The summed E-state index contributed by atoms with van der Waals surface area (Å²) in [6.45, 7) is 5.07. The summed E-state index contributed by atoms with van der Waals surface area (Å²) in [6.07, 6.45) is 10.5. The lowest BCUT2D eigenvalue weighted by Crippen LogP contribution is -2.40. The molecule has 2 N–H and O–H groups in total. The predicted molar refractivity (Wildman–Crippen MR) is 149 cm³/mol. The van der Waals surface area contributed by atoms with E-state index in [4.69, 9.17) is 4.74 Å². The Balaban J connectivity index is 1.15. The minimum atomic E-state index is -0.0729. The molecule has 37 heavy (non-hydrogen) atoms. The number of carbonyl (C=O) groups is 1. The first-order chi connectivity index (χ1) is 18.2. The molecule has 0 atom stereocenters. The Morgan fingerprint density at radius 1 is 1.08 bits per heavy atom. The molecule has 0 radical (unpaired) electrons. The zero-order chi connectivity index (χ0) is 25.5. The second-order valence-corrected chi connectivity index (χ2v) is 10.2. The van der Waals surface area contributed by atoms with Crippen LogP contribution in [0.5, 0.6) is 5.75 Å². The van der Waals surface area contributed by atoms with Crippen molar-refractivity contribution in [3.63, 3.8) is 0 Å². The highest BCUT2D eigenvalue weighted by atomic mass is 32.2. The van der Waals surface area contributed by atoms with Crippen LogP contribution in [-0.2, 0) is 0 Å². The normalized spacial score (nSPS) is 16.4. The van der Waals surface area contributed by atoms with E-state index in [-0.39, 0.29) is 6.03 Å². The van der Waals surface area contributed by atoms with Gasteiger partial charge in [0.15, 0.2) is 0 Å². The fourth-order valence-corrected chi connectivity index (χ4v) is 5.41. The van der Waals surface area contributed by atoms with Crippen LogP contribution in [0.1, 0.15) is 43.7 Å².